The van der Waals surface area contributed by atoms with Gasteiger partial charge in [0.1, 0.15) is 17.1 Å². The Hall–Kier alpha value is -2.48. The van der Waals surface area contributed by atoms with Crippen LogP contribution in [0.4, 0.5) is 0 Å². The topological polar surface area (TPSA) is 29.5 Å². The molecule has 0 bridgehead atoms. The van der Waals surface area contributed by atoms with E-state index in [0.29, 0.717) is 5.75 Å². The largest absolute Gasteiger partial charge is 0.508 e. The fourth-order valence-electron chi connectivity index (χ4n) is 4.08. The van der Waals surface area contributed by atoms with Gasteiger partial charge in [-0.1, -0.05) is 58.2 Å². The van der Waals surface area contributed by atoms with Gasteiger partial charge in [0.25, 0.3) is 0 Å². The zero-order valence-electron chi connectivity index (χ0n) is 22.6. The molecule has 1 aromatic rings. The van der Waals surface area contributed by atoms with E-state index in [-0.39, 0.29) is 5.60 Å². The van der Waals surface area contributed by atoms with Crippen molar-refractivity contribution in [1.82, 2.24) is 0 Å². The summed E-state index contributed by atoms with van der Waals surface area (Å²) in [5, 5.41) is 9.67. The second kappa shape index (κ2) is 13.4. The maximum absolute atomic E-state index is 9.67. The van der Waals surface area contributed by atoms with Gasteiger partial charge in [0, 0.05) is 0 Å². The molecule has 0 aromatic heterocycles. The minimum Gasteiger partial charge on any atom is -0.508 e. The van der Waals surface area contributed by atoms with Crippen molar-refractivity contribution in [2.45, 2.75) is 105 Å². The van der Waals surface area contributed by atoms with E-state index in [1.165, 1.54) is 27.9 Å². The average Bonchev–Trinajstić information content (AvgIpc) is 2.78. The van der Waals surface area contributed by atoms with E-state index < -0.39 is 0 Å². The van der Waals surface area contributed by atoms with Gasteiger partial charge in [-0.25, -0.2) is 0 Å². The van der Waals surface area contributed by atoms with Crippen LogP contribution in [0.25, 0.3) is 0 Å². The molecule has 0 amide bonds. The lowest BCUT2D eigenvalue weighted by molar-refractivity contribution is 0.0570. The van der Waals surface area contributed by atoms with Gasteiger partial charge in [-0.15, -0.1) is 0 Å². The molecule has 0 radical (unpaired) electrons. The highest BCUT2D eigenvalue weighted by Crippen LogP contribution is 2.37. The molecule has 0 spiro atoms. The summed E-state index contributed by atoms with van der Waals surface area (Å²) in [6.07, 6.45) is 19.9. The molecule has 2 nitrogen and oxygen atoms in total. The van der Waals surface area contributed by atoms with Crippen molar-refractivity contribution >= 4 is 0 Å². The zero-order valence-corrected chi connectivity index (χ0v) is 22.6. The van der Waals surface area contributed by atoms with Crippen LogP contribution in [0.3, 0.4) is 0 Å². The number of allylic oxidation sites excluding steroid dienone is 10. The van der Waals surface area contributed by atoms with E-state index >= 15 is 0 Å². The highest BCUT2D eigenvalue weighted by Gasteiger charge is 2.30. The van der Waals surface area contributed by atoms with Crippen molar-refractivity contribution in [2.75, 3.05) is 0 Å². The minimum atomic E-state index is -0.132. The van der Waals surface area contributed by atoms with Crippen LogP contribution in [0.1, 0.15) is 99.0 Å². The van der Waals surface area contributed by atoms with Crippen molar-refractivity contribution in [3.63, 3.8) is 0 Å². The smallest absolute Gasteiger partial charge is 0.123 e. The predicted molar refractivity (Wildman–Crippen MR) is 148 cm³/mol. The van der Waals surface area contributed by atoms with Crippen LogP contribution in [-0.2, 0) is 6.42 Å². The second-order valence-electron chi connectivity index (χ2n) is 10.7. The summed E-state index contributed by atoms with van der Waals surface area (Å²) in [6, 6.07) is 5.44. The summed E-state index contributed by atoms with van der Waals surface area (Å²) in [5.41, 5.74) is 8.10. The van der Waals surface area contributed by atoms with Crippen LogP contribution in [0.5, 0.6) is 11.5 Å². The van der Waals surface area contributed by atoms with E-state index in [1.54, 1.807) is 6.07 Å². The number of ether oxygens (including phenoxy) is 1. The molecule has 2 heteroatoms. The first-order valence-electron chi connectivity index (χ1n) is 12.8. The molecular weight excluding hydrogens is 416 g/mol. The Morgan fingerprint density at radius 2 is 1.35 bits per heavy atom. The van der Waals surface area contributed by atoms with Gasteiger partial charge in [-0.2, -0.15) is 0 Å². The van der Waals surface area contributed by atoms with E-state index in [9.17, 15) is 5.11 Å². The third kappa shape index (κ3) is 10.2. The molecule has 0 aliphatic carbocycles. The van der Waals surface area contributed by atoms with E-state index in [4.69, 9.17) is 4.74 Å². The first kappa shape index (κ1) is 27.8. The Morgan fingerprint density at radius 1 is 0.824 bits per heavy atom. The third-order valence-electron chi connectivity index (χ3n) is 6.64. The Bertz CT molecular complexity index is 967. The standard InChI is InChI=1S/C32H46O2/c1-24(2)10-11-26(4)14-15-28(6)17-16-27(5)13-12-25(3)9-8-21-32(7)22-20-29-23-30(33)18-19-31(29)34-32/h9-10,13-14,17-19,23,33H,8,11-12,15-16,20-22H2,1-7H3/b25-9+,26-14+,27-13+,28-17+. The summed E-state index contributed by atoms with van der Waals surface area (Å²) in [4.78, 5) is 0. The van der Waals surface area contributed by atoms with Crippen molar-refractivity contribution in [1.29, 1.82) is 0 Å². The fraction of sp³-hybridized carbons (Fsp3) is 0.500. The first-order chi connectivity index (χ1) is 16.1. The number of benzene rings is 1. The highest BCUT2D eigenvalue weighted by molar-refractivity contribution is 5.41. The molecule has 1 aliphatic rings. The summed E-state index contributed by atoms with van der Waals surface area (Å²) in [7, 11) is 0. The van der Waals surface area contributed by atoms with E-state index in [1.807, 2.05) is 12.1 Å². The molecule has 1 N–H and O–H groups in total. The van der Waals surface area contributed by atoms with Crippen LogP contribution in [-0.4, -0.2) is 10.7 Å². The maximum atomic E-state index is 9.67. The Kier molecular flexibility index (Phi) is 11.0. The van der Waals surface area contributed by atoms with Crippen molar-refractivity contribution in [3.8, 4) is 11.5 Å². The fourth-order valence-corrected chi connectivity index (χ4v) is 4.08. The van der Waals surface area contributed by atoms with Gasteiger partial charge in [-0.05, 0) is 124 Å². The molecule has 0 saturated heterocycles. The monoisotopic (exact) mass is 462 g/mol. The summed E-state index contributed by atoms with van der Waals surface area (Å²) >= 11 is 0. The Morgan fingerprint density at radius 3 is 1.91 bits per heavy atom. The number of phenols is 1. The van der Waals surface area contributed by atoms with Crippen LogP contribution in [0.2, 0.25) is 0 Å². The van der Waals surface area contributed by atoms with Crippen LogP contribution in [0, 0.1) is 0 Å². The number of aryl methyl sites for hydroxylation is 1. The van der Waals surface area contributed by atoms with Crippen LogP contribution in [0.15, 0.2) is 76.4 Å². The molecular formula is C32H46O2. The lowest BCUT2D eigenvalue weighted by Gasteiger charge is -2.35. The van der Waals surface area contributed by atoms with Crippen LogP contribution < -0.4 is 4.74 Å². The van der Waals surface area contributed by atoms with E-state index in [0.717, 1.165) is 62.7 Å². The third-order valence-corrected chi connectivity index (χ3v) is 6.64. The van der Waals surface area contributed by atoms with E-state index in [2.05, 4.69) is 78.8 Å². The van der Waals surface area contributed by atoms with Gasteiger partial charge < -0.3 is 9.84 Å². The SMILES string of the molecule is CC(C)=CC/C(C)=C/C/C(C)=C/C/C(C)=C/C/C(C)=C/CCC1(C)CCc2cc(O)ccc2O1. The van der Waals surface area contributed by atoms with Gasteiger partial charge in [0.15, 0.2) is 0 Å². The molecule has 34 heavy (non-hydrogen) atoms. The van der Waals surface area contributed by atoms with Crippen molar-refractivity contribution in [3.05, 3.63) is 82.0 Å². The number of phenolic OH excluding ortho intramolecular Hbond substituents is 1. The summed E-state index contributed by atoms with van der Waals surface area (Å²) in [6.45, 7) is 15.4. The van der Waals surface area contributed by atoms with Crippen LogP contribution >= 0.6 is 0 Å². The lowest BCUT2D eigenvalue weighted by atomic mass is 9.88. The van der Waals surface area contributed by atoms with Gasteiger partial charge in [0.2, 0.25) is 0 Å². The molecule has 1 aliphatic heterocycles. The average molecular weight is 463 g/mol. The summed E-state index contributed by atoms with van der Waals surface area (Å²) in [5.74, 6) is 1.24. The predicted octanol–water partition coefficient (Wildman–Crippen LogP) is 9.57. The Labute approximate surface area is 208 Å². The number of aromatic hydroxyl groups is 1. The molecule has 1 unspecified atom stereocenters. The van der Waals surface area contributed by atoms with Crippen molar-refractivity contribution < 1.29 is 9.84 Å². The molecule has 0 saturated carbocycles. The minimum absolute atomic E-state index is 0.132. The number of hydrogen-bond acceptors (Lipinski definition) is 2. The highest BCUT2D eigenvalue weighted by atomic mass is 16.5. The molecule has 1 heterocycles. The number of rotatable bonds is 11. The van der Waals surface area contributed by atoms with Gasteiger partial charge in [0.05, 0.1) is 0 Å². The van der Waals surface area contributed by atoms with Gasteiger partial charge >= 0.3 is 0 Å². The molecule has 2 rings (SSSR count). The second-order valence-corrected chi connectivity index (χ2v) is 10.7. The van der Waals surface area contributed by atoms with Crippen molar-refractivity contribution in [2.24, 2.45) is 0 Å². The first-order valence-corrected chi connectivity index (χ1v) is 12.8. The lowest BCUT2D eigenvalue weighted by Crippen LogP contribution is -2.36. The quantitative estimate of drug-likeness (QED) is 0.332. The summed E-state index contributed by atoms with van der Waals surface area (Å²) < 4.78 is 6.30. The number of hydrogen-bond donors (Lipinski definition) is 1. The maximum Gasteiger partial charge on any atom is 0.123 e. The molecule has 1 aromatic carbocycles. The normalized spacial score (nSPS) is 19.5. The number of fused-ring (bicyclic) bond motifs is 1. The molecule has 1 atom stereocenters. The molecule has 0 fully saturated rings. The Balaban J connectivity index is 1.76. The zero-order chi connectivity index (χ0) is 25.1. The van der Waals surface area contributed by atoms with Gasteiger partial charge in [-0.3, -0.25) is 0 Å². The molecule has 186 valence electrons.